The Kier molecular flexibility index (Phi) is 4.05. The van der Waals surface area contributed by atoms with Crippen molar-refractivity contribution < 1.29 is 12.8 Å². The molecule has 0 radical (unpaired) electrons. The van der Waals surface area contributed by atoms with Crippen LogP contribution in [0.15, 0.2) is 44.9 Å². The third-order valence-electron chi connectivity index (χ3n) is 3.59. The van der Waals surface area contributed by atoms with Crippen molar-refractivity contribution in [2.75, 3.05) is 4.72 Å². The van der Waals surface area contributed by atoms with E-state index in [1.54, 1.807) is 6.07 Å². The molecule has 0 bridgehead atoms. The molecule has 11 heteroatoms. The number of H-pyrrole nitrogens is 1. The maximum Gasteiger partial charge on any atom is 0.329 e. The SMILES string of the molecule is Cn1c(=O)[nH]c(=O)c2cc(S(=O)(=O)Nc3ccc(F)cc3C#N)cnc21. The third-order valence-corrected chi connectivity index (χ3v) is 4.92. The number of anilines is 1. The van der Waals surface area contributed by atoms with Crippen LogP contribution >= 0.6 is 0 Å². The number of nitrogens with zero attached hydrogens (tertiary/aromatic N) is 3. The van der Waals surface area contributed by atoms with Crippen LogP contribution in [0.5, 0.6) is 0 Å². The number of rotatable bonds is 3. The van der Waals surface area contributed by atoms with E-state index in [-0.39, 0.29) is 27.2 Å². The van der Waals surface area contributed by atoms with Gasteiger partial charge in [-0.15, -0.1) is 0 Å². The van der Waals surface area contributed by atoms with Crippen molar-refractivity contribution in [2.24, 2.45) is 7.05 Å². The van der Waals surface area contributed by atoms with E-state index in [0.29, 0.717) is 0 Å². The number of aromatic nitrogens is 3. The number of sulfonamides is 1. The van der Waals surface area contributed by atoms with Gasteiger partial charge in [-0.1, -0.05) is 0 Å². The Bertz CT molecular complexity index is 1300. The highest BCUT2D eigenvalue weighted by Crippen LogP contribution is 2.21. The first-order chi connectivity index (χ1) is 12.2. The average Bonchev–Trinajstić information content (AvgIpc) is 2.60. The second-order valence-electron chi connectivity index (χ2n) is 5.27. The van der Waals surface area contributed by atoms with Gasteiger partial charge >= 0.3 is 5.69 Å². The van der Waals surface area contributed by atoms with Gasteiger partial charge in [-0.05, 0) is 24.3 Å². The number of hydrogen-bond donors (Lipinski definition) is 2. The standard InChI is InChI=1S/C15H10FN5O4S/c1-21-13-11(14(22)19-15(21)23)5-10(7-18-13)26(24,25)20-12-3-2-9(16)4-8(12)6-17/h2-5,7,20H,1H3,(H,19,22,23). The Hall–Kier alpha value is -3.52. The van der Waals surface area contributed by atoms with Crippen molar-refractivity contribution in [3.63, 3.8) is 0 Å². The number of aromatic amines is 1. The number of aryl methyl sites for hydroxylation is 1. The normalized spacial score (nSPS) is 11.3. The van der Waals surface area contributed by atoms with Gasteiger partial charge in [0.1, 0.15) is 22.4 Å². The van der Waals surface area contributed by atoms with Crippen molar-refractivity contribution in [1.29, 1.82) is 5.26 Å². The smallest absolute Gasteiger partial charge is 0.281 e. The summed E-state index contributed by atoms with van der Waals surface area (Å²) in [5.41, 5.74) is -1.79. The van der Waals surface area contributed by atoms with Crippen LogP contribution in [0.1, 0.15) is 5.56 Å². The molecule has 132 valence electrons. The van der Waals surface area contributed by atoms with Gasteiger partial charge in [-0.3, -0.25) is 19.1 Å². The Balaban J connectivity index is 2.13. The van der Waals surface area contributed by atoms with Gasteiger partial charge in [-0.25, -0.2) is 22.6 Å². The van der Waals surface area contributed by atoms with Crippen LogP contribution in [0.25, 0.3) is 11.0 Å². The Labute approximate surface area is 145 Å². The van der Waals surface area contributed by atoms with Gasteiger partial charge in [0.05, 0.1) is 16.6 Å². The molecule has 0 amide bonds. The fourth-order valence-corrected chi connectivity index (χ4v) is 3.32. The minimum absolute atomic E-state index is 0.0113. The van der Waals surface area contributed by atoms with E-state index in [0.717, 1.165) is 35.0 Å². The molecule has 0 saturated heterocycles. The van der Waals surface area contributed by atoms with Crippen LogP contribution in [0.2, 0.25) is 0 Å². The molecule has 3 rings (SSSR count). The summed E-state index contributed by atoms with van der Waals surface area (Å²) in [5, 5.41) is 8.90. The van der Waals surface area contributed by atoms with Crippen LogP contribution in [-0.4, -0.2) is 23.0 Å². The summed E-state index contributed by atoms with van der Waals surface area (Å²) in [4.78, 5) is 29.0. The van der Waals surface area contributed by atoms with E-state index in [9.17, 15) is 22.4 Å². The summed E-state index contributed by atoms with van der Waals surface area (Å²) in [7, 11) is -2.84. The first kappa shape index (κ1) is 17.3. The highest BCUT2D eigenvalue weighted by Gasteiger charge is 2.19. The molecule has 1 aromatic carbocycles. The van der Waals surface area contributed by atoms with Gasteiger partial charge in [0, 0.05) is 13.2 Å². The fourth-order valence-electron chi connectivity index (χ4n) is 2.27. The molecular formula is C15H10FN5O4S. The Morgan fingerprint density at radius 3 is 2.73 bits per heavy atom. The number of nitrogens with one attached hydrogen (secondary N) is 2. The predicted octanol–water partition coefficient (Wildman–Crippen LogP) is 0.433. The van der Waals surface area contributed by atoms with Crippen molar-refractivity contribution in [2.45, 2.75) is 4.90 Å². The fraction of sp³-hybridized carbons (Fsp3) is 0.0667. The molecule has 0 fully saturated rings. The molecule has 0 saturated carbocycles. The molecule has 0 aliphatic heterocycles. The molecule has 26 heavy (non-hydrogen) atoms. The lowest BCUT2D eigenvalue weighted by Gasteiger charge is -2.10. The maximum atomic E-state index is 13.2. The van der Waals surface area contributed by atoms with E-state index in [1.165, 1.54) is 7.05 Å². The first-order valence-corrected chi connectivity index (χ1v) is 8.53. The summed E-state index contributed by atoms with van der Waals surface area (Å²) in [5.74, 6) is -0.690. The molecule has 9 nitrogen and oxygen atoms in total. The summed E-state index contributed by atoms with van der Waals surface area (Å²) >= 11 is 0. The van der Waals surface area contributed by atoms with Gasteiger partial charge in [0.2, 0.25) is 0 Å². The van der Waals surface area contributed by atoms with Gasteiger partial charge in [0.15, 0.2) is 0 Å². The topological polar surface area (TPSA) is 138 Å². The minimum Gasteiger partial charge on any atom is -0.281 e. The number of nitriles is 1. The number of pyridine rings is 1. The van der Waals surface area contributed by atoms with Crippen LogP contribution in [0.4, 0.5) is 10.1 Å². The lowest BCUT2D eigenvalue weighted by molar-refractivity contribution is 0.600. The highest BCUT2D eigenvalue weighted by atomic mass is 32.2. The molecule has 2 heterocycles. The summed E-state index contributed by atoms with van der Waals surface area (Å²) < 4.78 is 41.4. The van der Waals surface area contributed by atoms with Gasteiger partial charge < -0.3 is 0 Å². The van der Waals surface area contributed by atoms with Gasteiger partial charge in [-0.2, -0.15) is 5.26 Å². The van der Waals surface area contributed by atoms with Crippen LogP contribution in [0, 0.1) is 17.1 Å². The zero-order valence-electron chi connectivity index (χ0n) is 13.1. The quantitative estimate of drug-likeness (QED) is 0.681. The average molecular weight is 375 g/mol. The van der Waals surface area contributed by atoms with Crippen molar-refractivity contribution in [3.05, 3.63) is 62.7 Å². The van der Waals surface area contributed by atoms with Crippen molar-refractivity contribution >= 4 is 26.7 Å². The molecule has 0 unspecified atom stereocenters. The zero-order valence-corrected chi connectivity index (χ0v) is 14.0. The summed E-state index contributed by atoms with van der Waals surface area (Å²) in [6.45, 7) is 0. The van der Waals surface area contributed by atoms with E-state index in [1.807, 2.05) is 4.98 Å². The van der Waals surface area contributed by atoms with E-state index in [4.69, 9.17) is 5.26 Å². The molecular weight excluding hydrogens is 365 g/mol. The highest BCUT2D eigenvalue weighted by molar-refractivity contribution is 7.92. The van der Waals surface area contributed by atoms with Crippen LogP contribution in [-0.2, 0) is 17.1 Å². The van der Waals surface area contributed by atoms with E-state index >= 15 is 0 Å². The molecule has 2 aromatic heterocycles. The molecule has 0 atom stereocenters. The predicted molar refractivity (Wildman–Crippen MR) is 89.5 cm³/mol. The number of hydrogen-bond acceptors (Lipinski definition) is 6. The second-order valence-corrected chi connectivity index (χ2v) is 6.95. The zero-order chi connectivity index (χ0) is 19.1. The van der Waals surface area contributed by atoms with Crippen LogP contribution < -0.4 is 16.0 Å². The van der Waals surface area contributed by atoms with Crippen molar-refractivity contribution in [3.8, 4) is 6.07 Å². The molecule has 0 aliphatic rings. The van der Waals surface area contributed by atoms with Crippen LogP contribution in [0.3, 0.4) is 0 Å². The molecule has 0 spiro atoms. The monoisotopic (exact) mass is 375 g/mol. The molecule has 3 aromatic rings. The van der Waals surface area contributed by atoms with Crippen molar-refractivity contribution in [1.82, 2.24) is 14.5 Å². The summed E-state index contributed by atoms with van der Waals surface area (Å²) in [6, 6.07) is 5.73. The summed E-state index contributed by atoms with van der Waals surface area (Å²) in [6.07, 6.45) is 0.971. The third kappa shape index (κ3) is 2.93. The largest absolute Gasteiger partial charge is 0.329 e. The molecule has 2 N–H and O–H groups in total. The number of halogens is 1. The molecule has 0 aliphatic carbocycles. The van der Waals surface area contributed by atoms with E-state index < -0.39 is 27.1 Å². The number of benzene rings is 1. The van der Waals surface area contributed by atoms with E-state index in [2.05, 4.69) is 9.71 Å². The lowest BCUT2D eigenvalue weighted by atomic mass is 10.2. The Morgan fingerprint density at radius 1 is 1.31 bits per heavy atom. The van der Waals surface area contributed by atoms with Gasteiger partial charge in [0.25, 0.3) is 15.6 Å². The first-order valence-electron chi connectivity index (χ1n) is 7.04. The number of fused-ring (bicyclic) bond motifs is 1. The lowest BCUT2D eigenvalue weighted by Crippen LogP contribution is -2.29. The maximum absolute atomic E-state index is 13.2. The Morgan fingerprint density at radius 2 is 2.04 bits per heavy atom. The second kappa shape index (κ2) is 6.08. The minimum atomic E-state index is -4.22.